The summed E-state index contributed by atoms with van der Waals surface area (Å²) < 4.78 is 32.0. The maximum absolute atomic E-state index is 13.7. The Labute approximate surface area is 133 Å². The highest BCUT2D eigenvalue weighted by Crippen LogP contribution is 2.24. The molecule has 1 aromatic carbocycles. The Kier molecular flexibility index (Phi) is 6.22. The zero-order valence-corrected chi connectivity index (χ0v) is 12.9. The van der Waals surface area contributed by atoms with Crippen LogP contribution in [0.25, 0.3) is 11.3 Å². The van der Waals surface area contributed by atoms with E-state index in [1.165, 1.54) is 12.3 Å². The zero-order chi connectivity index (χ0) is 16.7. The van der Waals surface area contributed by atoms with Crippen LogP contribution >= 0.6 is 0 Å². The van der Waals surface area contributed by atoms with Gasteiger partial charge >= 0.3 is 0 Å². The third-order valence-corrected chi connectivity index (χ3v) is 3.24. The van der Waals surface area contributed by atoms with E-state index in [0.29, 0.717) is 18.9 Å². The quantitative estimate of drug-likeness (QED) is 0.732. The van der Waals surface area contributed by atoms with Gasteiger partial charge in [0.15, 0.2) is 11.7 Å². The number of nitrogens with one attached hydrogen (secondary N) is 2. The van der Waals surface area contributed by atoms with Crippen LogP contribution in [-0.2, 0) is 11.2 Å². The van der Waals surface area contributed by atoms with Gasteiger partial charge in [0.25, 0.3) is 0 Å². The first-order valence-electron chi connectivity index (χ1n) is 7.41. The van der Waals surface area contributed by atoms with E-state index in [1.54, 1.807) is 0 Å². The number of benzene rings is 1. The normalized spacial score (nSPS) is 10.7. The van der Waals surface area contributed by atoms with Crippen LogP contribution in [0.15, 0.2) is 28.8 Å². The number of hydrogen-bond donors (Lipinski definition) is 2. The van der Waals surface area contributed by atoms with Gasteiger partial charge in [0.2, 0.25) is 5.91 Å². The van der Waals surface area contributed by atoms with E-state index in [2.05, 4.69) is 15.6 Å². The van der Waals surface area contributed by atoms with Crippen molar-refractivity contribution < 1.29 is 18.0 Å². The van der Waals surface area contributed by atoms with Crippen molar-refractivity contribution in [1.82, 2.24) is 15.6 Å². The molecule has 23 heavy (non-hydrogen) atoms. The van der Waals surface area contributed by atoms with Crippen molar-refractivity contribution in [2.45, 2.75) is 19.3 Å². The molecule has 0 radical (unpaired) electrons. The van der Waals surface area contributed by atoms with E-state index < -0.39 is 11.6 Å². The second kappa shape index (κ2) is 8.38. The third-order valence-electron chi connectivity index (χ3n) is 3.24. The number of nitrogens with zero attached hydrogens (tertiary/aromatic N) is 1. The molecule has 7 heteroatoms. The van der Waals surface area contributed by atoms with Crippen LogP contribution in [0.1, 0.15) is 18.7 Å². The SMILES string of the molecule is CNCCCNC(=O)CCc1ncc(-c2ccc(F)cc2F)o1. The Morgan fingerprint density at radius 1 is 1.30 bits per heavy atom. The molecule has 0 saturated heterocycles. The molecule has 0 aliphatic heterocycles. The van der Waals surface area contributed by atoms with Gasteiger partial charge < -0.3 is 15.1 Å². The van der Waals surface area contributed by atoms with Gasteiger partial charge in [0.05, 0.1) is 11.8 Å². The van der Waals surface area contributed by atoms with Gasteiger partial charge in [0, 0.05) is 25.5 Å². The molecule has 0 saturated carbocycles. The second-order valence-corrected chi connectivity index (χ2v) is 5.05. The lowest BCUT2D eigenvalue weighted by atomic mass is 10.2. The molecule has 0 fully saturated rings. The first kappa shape index (κ1) is 17.1. The fourth-order valence-corrected chi connectivity index (χ4v) is 2.04. The van der Waals surface area contributed by atoms with Crippen LogP contribution in [0.2, 0.25) is 0 Å². The smallest absolute Gasteiger partial charge is 0.220 e. The number of aryl methyl sites for hydroxylation is 1. The highest BCUT2D eigenvalue weighted by molar-refractivity contribution is 5.76. The molecule has 124 valence electrons. The zero-order valence-electron chi connectivity index (χ0n) is 12.9. The van der Waals surface area contributed by atoms with Crippen LogP contribution in [0, 0.1) is 11.6 Å². The summed E-state index contributed by atoms with van der Waals surface area (Å²) in [6.45, 7) is 1.45. The lowest BCUT2D eigenvalue weighted by Crippen LogP contribution is -2.26. The molecule has 0 atom stereocenters. The molecule has 0 aliphatic rings. The van der Waals surface area contributed by atoms with Crippen molar-refractivity contribution in [3.63, 3.8) is 0 Å². The minimum absolute atomic E-state index is 0.0891. The van der Waals surface area contributed by atoms with Crippen molar-refractivity contribution >= 4 is 5.91 Å². The van der Waals surface area contributed by atoms with Gasteiger partial charge in [-0.25, -0.2) is 13.8 Å². The van der Waals surface area contributed by atoms with E-state index in [1.807, 2.05) is 7.05 Å². The van der Waals surface area contributed by atoms with Crippen molar-refractivity contribution in [2.24, 2.45) is 0 Å². The van der Waals surface area contributed by atoms with Gasteiger partial charge in [-0.3, -0.25) is 4.79 Å². The van der Waals surface area contributed by atoms with Crippen molar-refractivity contribution in [3.8, 4) is 11.3 Å². The molecular weight excluding hydrogens is 304 g/mol. The Hall–Kier alpha value is -2.28. The van der Waals surface area contributed by atoms with Gasteiger partial charge in [-0.2, -0.15) is 0 Å². The number of hydrogen-bond acceptors (Lipinski definition) is 4. The van der Waals surface area contributed by atoms with E-state index in [0.717, 1.165) is 25.1 Å². The molecule has 0 spiro atoms. The lowest BCUT2D eigenvalue weighted by molar-refractivity contribution is -0.121. The fraction of sp³-hybridized carbons (Fsp3) is 0.375. The molecule has 2 rings (SSSR count). The summed E-state index contributed by atoms with van der Waals surface area (Å²) in [7, 11) is 1.85. The van der Waals surface area contributed by atoms with Gasteiger partial charge in [-0.05, 0) is 32.1 Å². The van der Waals surface area contributed by atoms with E-state index in [9.17, 15) is 13.6 Å². The topological polar surface area (TPSA) is 67.2 Å². The molecule has 0 bridgehead atoms. The number of halogens is 2. The summed E-state index contributed by atoms with van der Waals surface area (Å²) in [5.74, 6) is -0.897. The Morgan fingerprint density at radius 2 is 2.13 bits per heavy atom. The predicted molar refractivity (Wildman–Crippen MR) is 81.7 cm³/mol. The van der Waals surface area contributed by atoms with E-state index >= 15 is 0 Å². The molecule has 1 aromatic heterocycles. The first-order valence-corrected chi connectivity index (χ1v) is 7.41. The van der Waals surface area contributed by atoms with Crippen LogP contribution in [0.5, 0.6) is 0 Å². The summed E-state index contributed by atoms with van der Waals surface area (Å²) >= 11 is 0. The Bertz CT molecular complexity index is 659. The number of aromatic nitrogens is 1. The summed E-state index contributed by atoms with van der Waals surface area (Å²) in [6, 6.07) is 3.23. The molecule has 0 unspecified atom stereocenters. The number of carbonyl (C=O) groups is 1. The standard InChI is InChI=1S/C16H19F2N3O2/c1-19-7-2-8-20-15(22)5-6-16-21-10-14(23-16)12-4-3-11(17)9-13(12)18/h3-4,9-10,19H,2,5-8H2,1H3,(H,20,22). The number of carbonyl (C=O) groups excluding carboxylic acids is 1. The number of oxazole rings is 1. The Morgan fingerprint density at radius 3 is 2.87 bits per heavy atom. The molecule has 1 amide bonds. The second-order valence-electron chi connectivity index (χ2n) is 5.05. The van der Waals surface area contributed by atoms with Crippen LogP contribution in [0.3, 0.4) is 0 Å². The first-order chi connectivity index (χ1) is 11.1. The average Bonchev–Trinajstić information content (AvgIpc) is 2.98. The Balaban J connectivity index is 1.86. The summed E-state index contributed by atoms with van der Waals surface area (Å²) in [5.41, 5.74) is 0.140. The van der Waals surface area contributed by atoms with Crippen molar-refractivity contribution in [3.05, 3.63) is 41.9 Å². The lowest BCUT2D eigenvalue weighted by Gasteiger charge is -2.03. The predicted octanol–water partition coefficient (Wildman–Crippen LogP) is 2.28. The van der Waals surface area contributed by atoms with Crippen molar-refractivity contribution in [2.75, 3.05) is 20.1 Å². The number of amides is 1. The largest absolute Gasteiger partial charge is 0.441 e. The number of rotatable bonds is 8. The monoisotopic (exact) mass is 323 g/mol. The van der Waals surface area contributed by atoms with Gasteiger partial charge in [-0.1, -0.05) is 0 Å². The highest BCUT2D eigenvalue weighted by Gasteiger charge is 2.12. The van der Waals surface area contributed by atoms with Crippen molar-refractivity contribution in [1.29, 1.82) is 0 Å². The third kappa shape index (κ3) is 5.14. The summed E-state index contributed by atoms with van der Waals surface area (Å²) in [6.07, 6.45) is 2.79. The minimum atomic E-state index is -0.713. The van der Waals surface area contributed by atoms with Gasteiger partial charge in [0.1, 0.15) is 11.6 Å². The van der Waals surface area contributed by atoms with Crippen LogP contribution in [0.4, 0.5) is 8.78 Å². The maximum atomic E-state index is 13.7. The van der Waals surface area contributed by atoms with E-state index in [-0.39, 0.29) is 23.7 Å². The van der Waals surface area contributed by atoms with Gasteiger partial charge in [-0.15, -0.1) is 0 Å². The minimum Gasteiger partial charge on any atom is -0.441 e. The summed E-state index contributed by atoms with van der Waals surface area (Å²) in [5, 5.41) is 5.79. The molecule has 2 aromatic rings. The molecular formula is C16H19F2N3O2. The van der Waals surface area contributed by atoms with Crippen LogP contribution < -0.4 is 10.6 Å². The maximum Gasteiger partial charge on any atom is 0.220 e. The molecule has 1 heterocycles. The van der Waals surface area contributed by atoms with Crippen LogP contribution in [-0.4, -0.2) is 31.0 Å². The summed E-state index contributed by atoms with van der Waals surface area (Å²) in [4.78, 5) is 15.7. The molecule has 2 N–H and O–H groups in total. The molecule has 0 aliphatic carbocycles. The average molecular weight is 323 g/mol. The fourth-order valence-electron chi connectivity index (χ4n) is 2.04. The highest BCUT2D eigenvalue weighted by atomic mass is 19.1. The van der Waals surface area contributed by atoms with E-state index in [4.69, 9.17) is 4.42 Å². The molecule has 5 nitrogen and oxygen atoms in total.